The summed E-state index contributed by atoms with van der Waals surface area (Å²) in [7, 11) is 0. The average Bonchev–Trinajstić information content (AvgIpc) is 2.43. The van der Waals surface area contributed by atoms with Crippen LogP contribution in [0.4, 0.5) is 5.69 Å². The van der Waals surface area contributed by atoms with Gasteiger partial charge in [-0.3, -0.25) is 14.5 Å². The van der Waals surface area contributed by atoms with Crippen molar-refractivity contribution in [2.45, 2.75) is 45.7 Å². The van der Waals surface area contributed by atoms with Gasteiger partial charge in [-0.1, -0.05) is 31.5 Å². The van der Waals surface area contributed by atoms with Gasteiger partial charge in [0.15, 0.2) is 0 Å². The van der Waals surface area contributed by atoms with Crippen molar-refractivity contribution in [2.75, 3.05) is 4.90 Å². The predicted octanol–water partition coefficient (Wildman–Crippen LogP) is 2.67. The van der Waals surface area contributed by atoms with Crippen LogP contribution in [-0.4, -0.2) is 23.9 Å². The van der Waals surface area contributed by atoms with Gasteiger partial charge >= 0.3 is 0 Å². The zero-order chi connectivity index (χ0) is 14.9. The zero-order valence-corrected chi connectivity index (χ0v) is 12.7. The summed E-state index contributed by atoms with van der Waals surface area (Å²) >= 11 is 6.23. The van der Waals surface area contributed by atoms with Gasteiger partial charge in [0.2, 0.25) is 11.8 Å². The maximum Gasteiger partial charge on any atom is 0.250 e. The maximum atomic E-state index is 12.6. The van der Waals surface area contributed by atoms with Gasteiger partial charge in [-0.15, -0.1) is 0 Å². The molecule has 0 saturated carbocycles. The Morgan fingerprint density at radius 1 is 1.25 bits per heavy atom. The van der Waals surface area contributed by atoms with E-state index >= 15 is 0 Å². The molecule has 1 aromatic carbocycles. The molecule has 0 bridgehead atoms. The lowest BCUT2D eigenvalue weighted by Crippen LogP contribution is -2.63. The van der Waals surface area contributed by atoms with Gasteiger partial charge in [0.1, 0.15) is 12.1 Å². The summed E-state index contributed by atoms with van der Waals surface area (Å²) in [6.07, 6.45) is 1.12. The fourth-order valence-corrected chi connectivity index (χ4v) is 2.72. The smallest absolute Gasteiger partial charge is 0.250 e. The topological polar surface area (TPSA) is 49.4 Å². The summed E-state index contributed by atoms with van der Waals surface area (Å²) < 4.78 is 0. The Morgan fingerprint density at radius 2 is 1.95 bits per heavy atom. The molecular weight excluding hydrogens is 276 g/mol. The Hall–Kier alpha value is -1.55. The van der Waals surface area contributed by atoms with Gasteiger partial charge in [0, 0.05) is 0 Å². The minimum atomic E-state index is -0.496. The molecule has 4 nitrogen and oxygen atoms in total. The average molecular weight is 295 g/mol. The van der Waals surface area contributed by atoms with Crippen LogP contribution >= 0.6 is 11.6 Å². The number of carbonyl (C=O) groups excluding carboxylic acids is 2. The number of anilines is 1. The van der Waals surface area contributed by atoms with E-state index in [-0.39, 0.29) is 11.8 Å². The van der Waals surface area contributed by atoms with Crippen molar-refractivity contribution in [3.63, 3.8) is 0 Å². The number of halogens is 1. The Morgan fingerprint density at radius 3 is 2.55 bits per heavy atom. The summed E-state index contributed by atoms with van der Waals surface area (Å²) in [5, 5.41) is 3.27. The second-order valence-corrected chi connectivity index (χ2v) is 5.46. The number of piperazine rings is 1. The second kappa shape index (κ2) is 5.83. The first-order valence-corrected chi connectivity index (χ1v) is 7.27. The van der Waals surface area contributed by atoms with E-state index in [9.17, 15) is 9.59 Å². The molecule has 20 heavy (non-hydrogen) atoms. The molecule has 1 aromatic rings. The zero-order valence-electron chi connectivity index (χ0n) is 11.9. The Labute approximate surface area is 124 Å². The number of benzene rings is 1. The first-order chi connectivity index (χ1) is 9.49. The molecule has 1 saturated heterocycles. The normalized spacial score (nSPS) is 22.9. The number of nitrogens with one attached hydrogen (secondary N) is 1. The summed E-state index contributed by atoms with van der Waals surface area (Å²) in [6.45, 7) is 5.71. The lowest BCUT2D eigenvalue weighted by molar-refractivity contribution is -0.134. The molecule has 1 N–H and O–H groups in total. The third kappa shape index (κ3) is 2.52. The first kappa shape index (κ1) is 14.9. The van der Waals surface area contributed by atoms with Gasteiger partial charge in [0.25, 0.3) is 0 Å². The van der Waals surface area contributed by atoms with Crippen LogP contribution in [0.5, 0.6) is 0 Å². The van der Waals surface area contributed by atoms with Crippen LogP contribution in [0.25, 0.3) is 0 Å². The molecule has 2 atom stereocenters. The van der Waals surface area contributed by atoms with Crippen molar-refractivity contribution in [2.24, 2.45) is 0 Å². The molecule has 0 radical (unpaired) electrons. The number of amides is 2. The van der Waals surface area contributed by atoms with Crippen LogP contribution in [0.15, 0.2) is 18.2 Å². The van der Waals surface area contributed by atoms with Crippen LogP contribution in [0, 0.1) is 6.92 Å². The number of hydrogen-bond donors (Lipinski definition) is 1. The molecule has 0 spiro atoms. The highest BCUT2D eigenvalue weighted by atomic mass is 35.5. The van der Waals surface area contributed by atoms with E-state index in [1.807, 2.05) is 32.9 Å². The number of rotatable bonds is 3. The standard InChI is InChI=1S/C15H19ClN2O2/c1-4-11-15(20)18(12(5-2)14(19)17-11)13-8-9(3)6-7-10(13)16/h6-8,11-12H,4-5H2,1-3H3,(H,17,19). The second-order valence-electron chi connectivity index (χ2n) is 5.06. The summed E-state index contributed by atoms with van der Waals surface area (Å²) in [4.78, 5) is 26.3. The van der Waals surface area contributed by atoms with Gasteiger partial charge in [-0.2, -0.15) is 0 Å². The van der Waals surface area contributed by atoms with Crippen LogP contribution < -0.4 is 10.2 Å². The van der Waals surface area contributed by atoms with Crippen LogP contribution in [-0.2, 0) is 9.59 Å². The highest BCUT2D eigenvalue weighted by molar-refractivity contribution is 6.34. The fraction of sp³-hybridized carbons (Fsp3) is 0.467. The molecule has 108 valence electrons. The molecule has 2 unspecified atom stereocenters. The highest BCUT2D eigenvalue weighted by Crippen LogP contribution is 2.31. The van der Waals surface area contributed by atoms with E-state index < -0.39 is 12.1 Å². The molecular formula is C15H19ClN2O2. The van der Waals surface area contributed by atoms with Gasteiger partial charge < -0.3 is 5.32 Å². The van der Waals surface area contributed by atoms with E-state index in [1.165, 1.54) is 0 Å². The minimum Gasteiger partial charge on any atom is -0.342 e. The van der Waals surface area contributed by atoms with Crippen molar-refractivity contribution < 1.29 is 9.59 Å². The van der Waals surface area contributed by atoms with E-state index in [0.29, 0.717) is 23.6 Å². The lowest BCUT2D eigenvalue weighted by Gasteiger charge is -2.38. The third-order valence-corrected chi connectivity index (χ3v) is 3.94. The Kier molecular flexibility index (Phi) is 4.33. The number of nitrogens with zero attached hydrogens (tertiary/aromatic N) is 1. The molecule has 0 aliphatic carbocycles. The van der Waals surface area contributed by atoms with Crippen molar-refractivity contribution in [3.8, 4) is 0 Å². The Bertz CT molecular complexity index is 545. The summed E-state index contributed by atoms with van der Waals surface area (Å²) in [5.74, 6) is -0.206. The van der Waals surface area contributed by atoms with E-state index in [0.717, 1.165) is 5.56 Å². The molecule has 1 fully saturated rings. The number of hydrogen-bond acceptors (Lipinski definition) is 2. The first-order valence-electron chi connectivity index (χ1n) is 6.89. The van der Waals surface area contributed by atoms with Gasteiger partial charge in [-0.05, 0) is 37.5 Å². The minimum absolute atomic E-state index is 0.0912. The molecule has 0 aromatic heterocycles. The van der Waals surface area contributed by atoms with Crippen LogP contribution in [0.3, 0.4) is 0 Å². The largest absolute Gasteiger partial charge is 0.342 e. The van der Waals surface area contributed by atoms with Crippen LogP contribution in [0.2, 0.25) is 5.02 Å². The quantitative estimate of drug-likeness (QED) is 0.932. The molecule has 1 aliphatic heterocycles. The third-order valence-electron chi connectivity index (χ3n) is 3.62. The van der Waals surface area contributed by atoms with Crippen molar-refractivity contribution in [3.05, 3.63) is 28.8 Å². The van der Waals surface area contributed by atoms with E-state index in [2.05, 4.69) is 5.32 Å². The van der Waals surface area contributed by atoms with Crippen LogP contribution in [0.1, 0.15) is 32.3 Å². The van der Waals surface area contributed by atoms with Crippen molar-refractivity contribution >= 4 is 29.1 Å². The van der Waals surface area contributed by atoms with E-state index in [1.54, 1.807) is 11.0 Å². The fourth-order valence-electron chi connectivity index (χ4n) is 2.51. The molecule has 2 amide bonds. The monoisotopic (exact) mass is 294 g/mol. The highest BCUT2D eigenvalue weighted by Gasteiger charge is 2.40. The molecule has 5 heteroatoms. The number of carbonyl (C=O) groups is 2. The van der Waals surface area contributed by atoms with Gasteiger partial charge in [0.05, 0.1) is 10.7 Å². The maximum absolute atomic E-state index is 12.6. The van der Waals surface area contributed by atoms with Crippen molar-refractivity contribution in [1.82, 2.24) is 5.32 Å². The SMILES string of the molecule is CCC1NC(=O)C(CC)N(c2cc(C)ccc2Cl)C1=O. The summed E-state index contributed by atoms with van der Waals surface area (Å²) in [6, 6.07) is 4.54. The van der Waals surface area contributed by atoms with E-state index in [4.69, 9.17) is 11.6 Å². The number of aryl methyl sites for hydroxylation is 1. The predicted molar refractivity (Wildman–Crippen MR) is 80.0 cm³/mol. The summed E-state index contributed by atoms with van der Waals surface area (Å²) in [5.41, 5.74) is 1.63. The van der Waals surface area contributed by atoms with Crippen molar-refractivity contribution in [1.29, 1.82) is 0 Å². The molecule has 1 heterocycles. The molecule has 2 rings (SSSR count). The van der Waals surface area contributed by atoms with Gasteiger partial charge in [-0.25, -0.2) is 0 Å². The molecule has 1 aliphatic rings. The lowest BCUT2D eigenvalue weighted by atomic mass is 10.0. The Balaban J connectivity index is 2.50.